The molecule has 3 aromatic carbocycles. The van der Waals surface area contributed by atoms with Crippen LogP contribution in [-0.4, -0.2) is 0 Å². The van der Waals surface area contributed by atoms with E-state index in [1.54, 1.807) is 0 Å². The fourth-order valence-corrected chi connectivity index (χ4v) is 7.01. The summed E-state index contributed by atoms with van der Waals surface area (Å²) in [5.74, 6) is 0. The first-order chi connectivity index (χ1) is 15.6. The minimum atomic E-state index is -0.0788. The molecule has 1 heteroatoms. The maximum atomic E-state index is 6.71. The lowest BCUT2D eigenvalue weighted by molar-refractivity contribution is 0.471. The predicted octanol–water partition coefficient (Wildman–Crippen LogP) is 8.92. The molecule has 0 amide bonds. The normalized spacial score (nSPS) is 20.8. The summed E-state index contributed by atoms with van der Waals surface area (Å²) in [5, 5.41) is 2.53. The molecule has 0 saturated carbocycles. The van der Waals surface area contributed by atoms with Crippen molar-refractivity contribution in [3.05, 3.63) is 88.5 Å². The first kappa shape index (κ1) is 19.4. The van der Waals surface area contributed by atoms with Gasteiger partial charge < -0.3 is 4.42 Å². The van der Waals surface area contributed by atoms with Gasteiger partial charge in [0.2, 0.25) is 0 Å². The van der Waals surface area contributed by atoms with Crippen molar-refractivity contribution in [2.75, 3.05) is 0 Å². The Morgan fingerprint density at radius 2 is 1.45 bits per heavy atom. The number of fused-ring (bicyclic) bond motifs is 12. The van der Waals surface area contributed by atoms with E-state index in [9.17, 15) is 0 Å². The molecule has 0 unspecified atom stereocenters. The fraction of sp³-hybridized carbons (Fsp3) is 0.312. The number of furan rings is 1. The maximum Gasteiger partial charge on any atom is 0.144 e. The van der Waals surface area contributed by atoms with Gasteiger partial charge in [0.15, 0.2) is 0 Å². The second kappa shape index (κ2) is 5.70. The summed E-state index contributed by atoms with van der Waals surface area (Å²) in [6.07, 6.45) is 6.13. The monoisotopic (exact) mass is 430 g/mol. The van der Waals surface area contributed by atoms with E-state index in [0.717, 1.165) is 17.6 Å². The van der Waals surface area contributed by atoms with Crippen LogP contribution in [0, 0.1) is 5.41 Å². The second-order valence-electron chi connectivity index (χ2n) is 12.0. The zero-order chi connectivity index (χ0) is 22.9. The Hall–Kier alpha value is -3.06. The number of rotatable bonds is 0. The Morgan fingerprint density at radius 3 is 2.27 bits per heavy atom. The summed E-state index contributed by atoms with van der Waals surface area (Å²) in [7, 11) is 0. The zero-order valence-electron chi connectivity index (χ0n) is 20.4. The molecule has 3 aliphatic carbocycles. The molecule has 4 aromatic rings. The van der Waals surface area contributed by atoms with Crippen LogP contribution in [0.15, 0.2) is 70.7 Å². The standard InChI is InChI=1S/C32H30O/c1-30(2)16-15-19-22(17-30)32(5,6)27-24(19)25-20-12-8-10-14-23(20)33-29(25)26-18-11-7-9-13-21(18)31(3,4)28(26)27/h7-15,17H,16H2,1-6H3. The van der Waals surface area contributed by atoms with E-state index in [0.29, 0.717) is 0 Å². The maximum absolute atomic E-state index is 6.71. The van der Waals surface area contributed by atoms with E-state index >= 15 is 0 Å². The Bertz CT molecular complexity index is 1600. The average molecular weight is 431 g/mol. The number of benzene rings is 3. The topological polar surface area (TPSA) is 13.1 Å². The van der Waals surface area contributed by atoms with Gasteiger partial charge in [-0.25, -0.2) is 0 Å². The van der Waals surface area contributed by atoms with Crippen molar-refractivity contribution in [3.8, 4) is 11.1 Å². The number of para-hydroxylation sites is 1. The van der Waals surface area contributed by atoms with Gasteiger partial charge in [0.25, 0.3) is 0 Å². The highest BCUT2D eigenvalue weighted by Crippen LogP contribution is 2.64. The van der Waals surface area contributed by atoms with Crippen molar-refractivity contribution in [2.45, 2.75) is 58.8 Å². The molecule has 164 valence electrons. The summed E-state index contributed by atoms with van der Waals surface area (Å²) < 4.78 is 6.71. The van der Waals surface area contributed by atoms with E-state index in [2.05, 4.69) is 102 Å². The minimum Gasteiger partial charge on any atom is -0.455 e. The van der Waals surface area contributed by atoms with Gasteiger partial charge in [-0.05, 0) is 56.9 Å². The molecular formula is C32H30O. The van der Waals surface area contributed by atoms with Crippen LogP contribution >= 0.6 is 0 Å². The summed E-state index contributed by atoms with van der Waals surface area (Å²) in [5.41, 5.74) is 13.4. The Labute approximate surface area is 195 Å². The molecular weight excluding hydrogens is 400 g/mol. The van der Waals surface area contributed by atoms with Crippen molar-refractivity contribution in [1.82, 2.24) is 0 Å². The van der Waals surface area contributed by atoms with E-state index in [-0.39, 0.29) is 16.2 Å². The number of allylic oxidation sites excluding steroid dienone is 4. The second-order valence-corrected chi connectivity index (χ2v) is 12.0. The highest BCUT2D eigenvalue weighted by molar-refractivity contribution is 6.20. The quantitative estimate of drug-likeness (QED) is 0.271. The minimum absolute atomic E-state index is 0.0607. The molecule has 0 atom stereocenters. The summed E-state index contributed by atoms with van der Waals surface area (Å²) >= 11 is 0. The molecule has 7 rings (SSSR count). The SMILES string of the molecule is CC1(C)C=C2C(=CC1)c1c(c3c(c4oc5ccccc5c14)-c1ccccc1C3(C)C)C2(C)C. The van der Waals surface area contributed by atoms with Crippen LogP contribution in [0.1, 0.15) is 70.2 Å². The van der Waals surface area contributed by atoms with Crippen LogP contribution in [0.3, 0.4) is 0 Å². The van der Waals surface area contributed by atoms with Crippen LogP contribution in [0.2, 0.25) is 0 Å². The molecule has 0 N–H and O–H groups in total. The van der Waals surface area contributed by atoms with Gasteiger partial charge in [-0.15, -0.1) is 0 Å². The van der Waals surface area contributed by atoms with Crippen molar-refractivity contribution < 1.29 is 4.42 Å². The molecule has 1 heterocycles. The van der Waals surface area contributed by atoms with Gasteiger partial charge >= 0.3 is 0 Å². The van der Waals surface area contributed by atoms with Gasteiger partial charge in [0, 0.05) is 27.2 Å². The molecule has 1 aromatic heterocycles. The molecule has 0 spiro atoms. The molecule has 0 saturated heterocycles. The molecule has 0 fully saturated rings. The molecule has 0 aliphatic heterocycles. The van der Waals surface area contributed by atoms with Gasteiger partial charge in [0.1, 0.15) is 11.2 Å². The lowest BCUT2D eigenvalue weighted by Crippen LogP contribution is -2.25. The third-order valence-electron chi connectivity index (χ3n) is 8.54. The largest absolute Gasteiger partial charge is 0.455 e. The van der Waals surface area contributed by atoms with Crippen molar-refractivity contribution >= 4 is 27.5 Å². The van der Waals surface area contributed by atoms with E-state index < -0.39 is 0 Å². The third kappa shape index (κ3) is 2.19. The van der Waals surface area contributed by atoms with Crippen LogP contribution < -0.4 is 0 Å². The summed E-state index contributed by atoms with van der Waals surface area (Å²) in [6, 6.07) is 17.5. The summed E-state index contributed by atoms with van der Waals surface area (Å²) in [4.78, 5) is 0. The van der Waals surface area contributed by atoms with Crippen molar-refractivity contribution in [2.24, 2.45) is 5.41 Å². The Morgan fingerprint density at radius 1 is 0.758 bits per heavy atom. The predicted molar refractivity (Wildman–Crippen MR) is 139 cm³/mol. The number of hydrogen-bond donors (Lipinski definition) is 0. The van der Waals surface area contributed by atoms with E-state index in [1.807, 2.05) is 0 Å². The lowest BCUT2D eigenvalue weighted by atomic mass is 9.70. The van der Waals surface area contributed by atoms with E-state index in [1.165, 1.54) is 55.3 Å². The Kier molecular flexibility index (Phi) is 3.35. The molecule has 3 aliphatic rings. The van der Waals surface area contributed by atoms with Gasteiger partial charge in [0.05, 0.1) is 0 Å². The van der Waals surface area contributed by atoms with Gasteiger partial charge in [-0.2, -0.15) is 0 Å². The average Bonchev–Trinajstić information content (AvgIpc) is 3.33. The Balaban J connectivity index is 1.77. The smallest absolute Gasteiger partial charge is 0.144 e. The van der Waals surface area contributed by atoms with Crippen LogP contribution in [-0.2, 0) is 10.8 Å². The van der Waals surface area contributed by atoms with Crippen LogP contribution in [0.4, 0.5) is 0 Å². The first-order valence-corrected chi connectivity index (χ1v) is 12.2. The molecule has 1 nitrogen and oxygen atoms in total. The van der Waals surface area contributed by atoms with Gasteiger partial charge in [-0.3, -0.25) is 0 Å². The molecule has 0 bridgehead atoms. The number of hydrogen-bond acceptors (Lipinski definition) is 1. The van der Waals surface area contributed by atoms with Crippen LogP contribution in [0.5, 0.6) is 0 Å². The lowest BCUT2D eigenvalue weighted by Gasteiger charge is -2.33. The zero-order valence-corrected chi connectivity index (χ0v) is 20.4. The summed E-state index contributed by atoms with van der Waals surface area (Å²) in [6.45, 7) is 14.4. The van der Waals surface area contributed by atoms with Gasteiger partial charge in [-0.1, -0.05) is 96.2 Å². The molecule has 0 radical (unpaired) electrons. The van der Waals surface area contributed by atoms with Crippen LogP contribution in [0.25, 0.3) is 38.6 Å². The third-order valence-corrected chi connectivity index (χ3v) is 8.54. The first-order valence-electron chi connectivity index (χ1n) is 12.2. The highest BCUT2D eigenvalue weighted by Gasteiger charge is 2.50. The highest BCUT2D eigenvalue weighted by atomic mass is 16.3. The van der Waals surface area contributed by atoms with Crippen molar-refractivity contribution in [3.63, 3.8) is 0 Å². The fourth-order valence-electron chi connectivity index (χ4n) is 7.01. The molecule has 33 heavy (non-hydrogen) atoms. The van der Waals surface area contributed by atoms with Crippen molar-refractivity contribution in [1.29, 1.82) is 0 Å². The van der Waals surface area contributed by atoms with E-state index in [4.69, 9.17) is 4.42 Å².